The SMILES string of the molecule is CCC(=O)O[C@@H]1CC[C@H]2[C@@H]3CCC4=CCC=C[C@]4(C)[C@H]3CC[C@]12C(=O)O. The van der Waals surface area contributed by atoms with E-state index in [9.17, 15) is 14.7 Å². The third kappa shape index (κ3) is 2.33. The van der Waals surface area contributed by atoms with Gasteiger partial charge in [-0.05, 0) is 62.7 Å². The Morgan fingerprint density at radius 2 is 2.04 bits per heavy atom. The number of hydrogen-bond donors (Lipinski definition) is 1. The Labute approximate surface area is 155 Å². The highest BCUT2D eigenvalue weighted by Gasteiger charge is 2.65. The molecule has 1 N–H and O–H groups in total. The predicted octanol–water partition coefficient (Wildman–Crippen LogP) is 4.50. The Bertz CT molecular complexity index is 678. The Hall–Kier alpha value is -1.58. The average molecular weight is 358 g/mol. The smallest absolute Gasteiger partial charge is 0.313 e. The molecule has 4 rings (SSSR count). The summed E-state index contributed by atoms with van der Waals surface area (Å²) in [5, 5.41) is 10.2. The van der Waals surface area contributed by atoms with Crippen molar-refractivity contribution in [3.8, 4) is 0 Å². The van der Waals surface area contributed by atoms with Gasteiger partial charge in [0.15, 0.2) is 0 Å². The topological polar surface area (TPSA) is 63.6 Å². The average Bonchev–Trinajstić information content (AvgIpc) is 3.01. The van der Waals surface area contributed by atoms with Crippen LogP contribution in [0.15, 0.2) is 23.8 Å². The maximum Gasteiger partial charge on any atom is 0.313 e. The lowest BCUT2D eigenvalue weighted by Gasteiger charge is -2.56. The highest BCUT2D eigenvalue weighted by atomic mass is 16.5. The van der Waals surface area contributed by atoms with E-state index in [2.05, 4.69) is 25.2 Å². The molecule has 0 unspecified atom stereocenters. The van der Waals surface area contributed by atoms with E-state index < -0.39 is 17.5 Å². The van der Waals surface area contributed by atoms with E-state index >= 15 is 0 Å². The molecule has 0 aromatic carbocycles. The van der Waals surface area contributed by atoms with Crippen molar-refractivity contribution in [2.45, 2.75) is 71.3 Å². The van der Waals surface area contributed by atoms with Crippen LogP contribution >= 0.6 is 0 Å². The molecule has 4 aliphatic carbocycles. The van der Waals surface area contributed by atoms with Crippen molar-refractivity contribution in [1.29, 1.82) is 0 Å². The third-order valence-corrected chi connectivity index (χ3v) is 8.01. The molecular formula is C22H30O4. The molecule has 0 aromatic rings. The Morgan fingerprint density at radius 1 is 1.23 bits per heavy atom. The summed E-state index contributed by atoms with van der Waals surface area (Å²) < 4.78 is 5.66. The second-order valence-electron chi connectivity index (χ2n) is 8.86. The van der Waals surface area contributed by atoms with Gasteiger partial charge in [-0.1, -0.05) is 37.6 Å². The number of hydrogen-bond acceptors (Lipinski definition) is 3. The summed E-state index contributed by atoms with van der Waals surface area (Å²) in [6, 6.07) is 0. The normalized spacial score (nSPS) is 43.7. The Balaban J connectivity index is 1.67. The first kappa shape index (κ1) is 17.8. The zero-order chi connectivity index (χ0) is 18.5. The number of esters is 1. The fourth-order valence-electron chi connectivity index (χ4n) is 6.78. The molecular weight excluding hydrogens is 328 g/mol. The second-order valence-corrected chi connectivity index (χ2v) is 8.86. The van der Waals surface area contributed by atoms with E-state index in [0.717, 1.165) is 32.1 Å². The van der Waals surface area contributed by atoms with Crippen molar-refractivity contribution in [2.24, 2.45) is 28.6 Å². The minimum Gasteiger partial charge on any atom is -0.481 e. The highest BCUT2D eigenvalue weighted by Crippen LogP contribution is 2.65. The molecule has 4 aliphatic rings. The number of rotatable bonds is 3. The quantitative estimate of drug-likeness (QED) is 0.596. The fourth-order valence-corrected chi connectivity index (χ4v) is 6.78. The first-order valence-corrected chi connectivity index (χ1v) is 10.2. The first-order chi connectivity index (χ1) is 12.4. The van der Waals surface area contributed by atoms with Gasteiger partial charge in [-0.2, -0.15) is 0 Å². The van der Waals surface area contributed by atoms with Crippen molar-refractivity contribution in [3.63, 3.8) is 0 Å². The van der Waals surface area contributed by atoms with Crippen molar-refractivity contribution in [1.82, 2.24) is 0 Å². The zero-order valence-corrected chi connectivity index (χ0v) is 15.9. The molecule has 0 amide bonds. The van der Waals surface area contributed by atoms with Gasteiger partial charge < -0.3 is 9.84 Å². The molecule has 0 heterocycles. The summed E-state index contributed by atoms with van der Waals surface area (Å²) in [5.74, 6) is 0.0295. The molecule has 0 bridgehead atoms. The largest absolute Gasteiger partial charge is 0.481 e. The van der Waals surface area contributed by atoms with Crippen LogP contribution in [0.4, 0.5) is 0 Å². The second kappa shape index (κ2) is 6.24. The molecule has 26 heavy (non-hydrogen) atoms. The van der Waals surface area contributed by atoms with Crippen LogP contribution in [0.5, 0.6) is 0 Å². The van der Waals surface area contributed by atoms with E-state index in [1.54, 1.807) is 12.5 Å². The van der Waals surface area contributed by atoms with Gasteiger partial charge in [-0.25, -0.2) is 0 Å². The first-order valence-electron chi connectivity index (χ1n) is 10.2. The van der Waals surface area contributed by atoms with Gasteiger partial charge >= 0.3 is 11.9 Å². The van der Waals surface area contributed by atoms with Crippen LogP contribution < -0.4 is 0 Å². The maximum absolute atomic E-state index is 12.5. The van der Waals surface area contributed by atoms with Gasteiger partial charge in [0.1, 0.15) is 11.5 Å². The number of aliphatic carboxylic acids is 1. The van der Waals surface area contributed by atoms with E-state index in [0.29, 0.717) is 31.1 Å². The number of fused-ring (bicyclic) bond motifs is 5. The minimum absolute atomic E-state index is 0.0873. The number of ether oxygens (including phenoxy) is 1. The number of carbonyl (C=O) groups is 2. The van der Waals surface area contributed by atoms with Crippen LogP contribution in [0.25, 0.3) is 0 Å². The molecule has 4 heteroatoms. The van der Waals surface area contributed by atoms with Crippen molar-refractivity contribution >= 4 is 11.9 Å². The predicted molar refractivity (Wildman–Crippen MR) is 98.4 cm³/mol. The Kier molecular flexibility index (Phi) is 4.28. The lowest BCUT2D eigenvalue weighted by atomic mass is 9.48. The van der Waals surface area contributed by atoms with Crippen molar-refractivity contribution < 1.29 is 19.4 Å². The summed E-state index contributed by atoms with van der Waals surface area (Å²) >= 11 is 0. The third-order valence-electron chi connectivity index (χ3n) is 8.01. The van der Waals surface area contributed by atoms with Gasteiger partial charge in [-0.3, -0.25) is 9.59 Å². The van der Waals surface area contributed by atoms with Crippen LogP contribution in [0.1, 0.15) is 65.2 Å². The molecule has 142 valence electrons. The summed E-state index contributed by atoms with van der Waals surface area (Å²) in [6.07, 6.45) is 13.2. The molecule has 0 aliphatic heterocycles. The minimum atomic E-state index is -0.873. The molecule has 0 aromatic heterocycles. The van der Waals surface area contributed by atoms with Gasteiger partial charge in [0.2, 0.25) is 0 Å². The van der Waals surface area contributed by atoms with Crippen molar-refractivity contribution in [2.75, 3.05) is 0 Å². The standard InChI is InChI=1S/C22H30O4/c1-3-19(23)26-18-10-9-17-15-8-7-14-6-4-5-12-21(14,2)16(15)11-13-22(17,18)20(24)25/h5-6,12,15-18H,3-4,7-11,13H2,1-2H3,(H,24,25)/t15-,16+,17+,18-,21+,22-/m1/s1. The van der Waals surface area contributed by atoms with E-state index in [-0.39, 0.29) is 17.3 Å². The molecule has 0 spiro atoms. The molecule has 3 fully saturated rings. The number of allylic oxidation sites excluding steroid dienone is 4. The van der Waals surface area contributed by atoms with Crippen LogP contribution in [0.2, 0.25) is 0 Å². The van der Waals surface area contributed by atoms with Crippen molar-refractivity contribution in [3.05, 3.63) is 23.8 Å². The lowest BCUT2D eigenvalue weighted by Crippen LogP contribution is -2.55. The summed E-state index contributed by atoms with van der Waals surface area (Å²) in [6.45, 7) is 4.12. The molecule has 3 saturated carbocycles. The zero-order valence-electron chi connectivity index (χ0n) is 15.9. The van der Waals surface area contributed by atoms with E-state index in [4.69, 9.17) is 4.74 Å². The number of carbonyl (C=O) groups excluding carboxylic acids is 1. The molecule has 6 atom stereocenters. The van der Waals surface area contributed by atoms with Crippen LogP contribution in [0, 0.1) is 28.6 Å². The van der Waals surface area contributed by atoms with Gasteiger partial charge in [-0.15, -0.1) is 0 Å². The van der Waals surface area contributed by atoms with Gasteiger partial charge in [0.25, 0.3) is 0 Å². The summed E-state index contributed by atoms with van der Waals surface area (Å²) in [4.78, 5) is 24.4. The fraction of sp³-hybridized carbons (Fsp3) is 0.727. The summed E-state index contributed by atoms with van der Waals surface area (Å²) in [7, 11) is 0. The molecule has 4 nitrogen and oxygen atoms in total. The lowest BCUT2D eigenvalue weighted by molar-refractivity contribution is -0.178. The monoisotopic (exact) mass is 358 g/mol. The van der Waals surface area contributed by atoms with Crippen LogP contribution in [-0.4, -0.2) is 23.1 Å². The van der Waals surface area contributed by atoms with E-state index in [1.807, 2.05) is 0 Å². The maximum atomic E-state index is 12.5. The number of carboxylic acid groups (broad SMARTS) is 1. The van der Waals surface area contributed by atoms with Crippen LogP contribution in [-0.2, 0) is 14.3 Å². The van der Waals surface area contributed by atoms with Gasteiger partial charge in [0, 0.05) is 11.8 Å². The van der Waals surface area contributed by atoms with E-state index in [1.165, 1.54) is 0 Å². The molecule has 0 saturated heterocycles. The van der Waals surface area contributed by atoms with Crippen LogP contribution in [0.3, 0.4) is 0 Å². The molecule has 0 radical (unpaired) electrons. The van der Waals surface area contributed by atoms with Gasteiger partial charge in [0.05, 0.1) is 0 Å². The number of carboxylic acids is 1. The highest BCUT2D eigenvalue weighted by molar-refractivity contribution is 5.78. The summed E-state index contributed by atoms with van der Waals surface area (Å²) in [5.41, 5.74) is 0.766. The Morgan fingerprint density at radius 3 is 2.77 bits per heavy atom.